The molecule has 9 nitrogen and oxygen atoms in total. The topological polar surface area (TPSA) is 112 Å². The average molecular weight is 472 g/mol. The lowest BCUT2D eigenvalue weighted by Gasteiger charge is -2.36. The highest BCUT2D eigenvalue weighted by molar-refractivity contribution is 6.44. The Morgan fingerprint density at radius 3 is 2.79 bits per heavy atom. The van der Waals surface area contributed by atoms with E-state index in [2.05, 4.69) is 20.6 Å². The minimum absolute atomic E-state index is 0.0398. The van der Waals surface area contributed by atoms with E-state index in [0.717, 1.165) is 17.7 Å². The van der Waals surface area contributed by atoms with Crippen molar-refractivity contribution in [2.75, 3.05) is 37.6 Å². The number of halogens is 2. The van der Waals surface area contributed by atoms with E-state index >= 15 is 0 Å². The molecule has 0 radical (unpaired) electrons. The molecule has 11 heteroatoms. The van der Waals surface area contributed by atoms with Gasteiger partial charge in [0.15, 0.2) is 11.6 Å². The van der Waals surface area contributed by atoms with Gasteiger partial charge >= 0.3 is 0 Å². The van der Waals surface area contributed by atoms with Gasteiger partial charge in [0.2, 0.25) is 5.95 Å². The van der Waals surface area contributed by atoms with Gasteiger partial charge in [0.25, 0.3) is 5.91 Å². The van der Waals surface area contributed by atoms with E-state index in [0.29, 0.717) is 42.5 Å². The molecular weight excluding hydrogens is 446 g/mol. The number of aromatic nitrogens is 2. The summed E-state index contributed by atoms with van der Waals surface area (Å²) in [6.45, 7) is 3.32. The summed E-state index contributed by atoms with van der Waals surface area (Å²) in [7, 11) is 1.52. The fourth-order valence-corrected chi connectivity index (χ4v) is 3.74. The lowest BCUT2D eigenvalue weighted by Crippen LogP contribution is -2.50. The molecule has 180 valence electrons. The van der Waals surface area contributed by atoms with E-state index in [1.165, 1.54) is 18.1 Å². The van der Waals surface area contributed by atoms with Gasteiger partial charge in [-0.2, -0.15) is 4.98 Å². The minimum atomic E-state index is -0.982. The summed E-state index contributed by atoms with van der Waals surface area (Å²) in [6, 6.07) is 3.30. The Balaban J connectivity index is 1.50. The zero-order valence-electron chi connectivity index (χ0n) is 18.9. The smallest absolute Gasteiger partial charge is 0.272 e. The van der Waals surface area contributed by atoms with Crippen molar-refractivity contribution in [2.45, 2.75) is 32.0 Å². The second-order valence-electron chi connectivity index (χ2n) is 8.29. The van der Waals surface area contributed by atoms with Gasteiger partial charge in [0.05, 0.1) is 31.9 Å². The number of hydrogen-bond acceptors (Lipinski definition) is 8. The Morgan fingerprint density at radius 2 is 2.12 bits per heavy atom. The zero-order valence-corrected chi connectivity index (χ0v) is 18.9. The minimum Gasteiger partial charge on any atom is -0.383 e. The monoisotopic (exact) mass is 472 g/mol. The van der Waals surface area contributed by atoms with Crippen LogP contribution in [0.5, 0.6) is 0 Å². The number of likely N-dealkylation sites (tertiary alicyclic amines) is 1. The highest BCUT2D eigenvalue weighted by Crippen LogP contribution is 2.25. The first-order chi connectivity index (χ1) is 16.4. The largest absolute Gasteiger partial charge is 0.383 e. The summed E-state index contributed by atoms with van der Waals surface area (Å²) >= 11 is 0. The molecule has 0 saturated carbocycles. The number of carbonyl (C=O) groups excluding carboxylic acids is 1. The van der Waals surface area contributed by atoms with Crippen LogP contribution in [-0.2, 0) is 20.8 Å². The Morgan fingerprint density at radius 1 is 1.32 bits per heavy atom. The fourth-order valence-electron chi connectivity index (χ4n) is 3.74. The van der Waals surface area contributed by atoms with Crippen molar-refractivity contribution < 1.29 is 23.0 Å². The number of anilines is 2. The number of piperidine rings is 1. The van der Waals surface area contributed by atoms with Crippen LogP contribution < -0.4 is 10.6 Å². The molecule has 2 aliphatic heterocycles. The van der Waals surface area contributed by atoms with Crippen molar-refractivity contribution in [3.05, 3.63) is 58.9 Å². The standard InChI is InChI=1S/C23H26F2N6O3/c1-13-7-28-23(29-16-10-34-11-16)30-21(13)27-8-15-6-17(12-33-2)31(22(32)20(15)26)9-14-3-4-18(24)19(25)5-14/h3-5,7-8,16-17,26H,6,9-12H2,1-2H3,(H2,27,28,29,30)/b15-8-,26-20?/t17-/m1/s1. The summed E-state index contributed by atoms with van der Waals surface area (Å²) in [5, 5.41) is 14.7. The normalized spacial score (nSPS) is 19.9. The number of hydrogen-bond donors (Lipinski definition) is 3. The highest BCUT2D eigenvalue weighted by atomic mass is 19.2. The molecule has 2 aliphatic rings. The molecule has 1 aromatic heterocycles. The molecule has 0 bridgehead atoms. The summed E-state index contributed by atoms with van der Waals surface area (Å²) in [4.78, 5) is 23.2. The molecule has 2 aromatic rings. The van der Waals surface area contributed by atoms with Crippen LogP contribution in [0.1, 0.15) is 17.5 Å². The van der Waals surface area contributed by atoms with Crippen LogP contribution >= 0.6 is 0 Å². The van der Waals surface area contributed by atoms with Crippen molar-refractivity contribution in [1.82, 2.24) is 14.9 Å². The number of rotatable bonds is 8. The van der Waals surface area contributed by atoms with E-state index in [-0.39, 0.29) is 30.9 Å². The molecule has 0 unspecified atom stereocenters. The molecule has 1 amide bonds. The number of benzene rings is 1. The first-order valence-corrected chi connectivity index (χ1v) is 10.8. The summed E-state index contributed by atoms with van der Waals surface area (Å²) in [5.41, 5.74) is 1.54. The maximum Gasteiger partial charge on any atom is 0.272 e. The third-order valence-electron chi connectivity index (χ3n) is 5.71. The second kappa shape index (κ2) is 10.2. The van der Waals surface area contributed by atoms with Gasteiger partial charge in [-0.1, -0.05) is 6.07 Å². The van der Waals surface area contributed by atoms with Crippen molar-refractivity contribution in [3.63, 3.8) is 0 Å². The molecular formula is C23H26F2N6O3. The molecule has 3 heterocycles. The van der Waals surface area contributed by atoms with Gasteiger partial charge in [0.1, 0.15) is 11.5 Å². The van der Waals surface area contributed by atoms with Crippen molar-refractivity contribution in [3.8, 4) is 0 Å². The van der Waals surface area contributed by atoms with Crippen LogP contribution in [0.2, 0.25) is 0 Å². The number of amides is 1. The number of carbonyl (C=O) groups is 1. The molecule has 3 N–H and O–H groups in total. The number of methoxy groups -OCH3 is 1. The van der Waals surface area contributed by atoms with Gasteiger partial charge < -0.3 is 25.0 Å². The quantitative estimate of drug-likeness (QED) is 0.541. The lowest BCUT2D eigenvalue weighted by molar-refractivity contribution is -0.129. The maximum absolute atomic E-state index is 13.6. The molecule has 4 rings (SSSR count). The molecule has 0 aliphatic carbocycles. The van der Waals surface area contributed by atoms with Crippen molar-refractivity contribution in [1.29, 1.82) is 5.41 Å². The predicted molar refractivity (Wildman–Crippen MR) is 122 cm³/mol. The zero-order chi connectivity index (χ0) is 24.2. The number of ether oxygens (including phenoxy) is 2. The Labute approximate surface area is 195 Å². The first-order valence-electron chi connectivity index (χ1n) is 10.8. The van der Waals surface area contributed by atoms with E-state index in [1.54, 1.807) is 12.4 Å². The number of aryl methyl sites for hydroxylation is 1. The number of nitrogens with one attached hydrogen (secondary N) is 3. The van der Waals surface area contributed by atoms with Gasteiger partial charge in [-0.3, -0.25) is 10.2 Å². The van der Waals surface area contributed by atoms with Gasteiger partial charge in [-0.15, -0.1) is 0 Å². The second-order valence-corrected chi connectivity index (χ2v) is 8.29. The maximum atomic E-state index is 13.6. The third-order valence-corrected chi connectivity index (χ3v) is 5.71. The summed E-state index contributed by atoms with van der Waals surface area (Å²) in [6.07, 6.45) is 3.64. The van der Waals surface area contributed by atoms with Crippen LogP contribution in [0.25, 0.3) is 0 Å². The van der Waals surface area contributed by atoms with E-state index in [1.807, 2.05) is 6.92 Å². The highest BCUT2D eigenvalue weighted by Gasteiger charge is 2.35. The Bertz CT molecular complexity index is 1120. The lowest BCUT2D eigenvalue weighted by atomic mass is 9.94. The van der Waals surface area contributed by atoms with E-state index in [9.17, 15) is 13.6 Å². The first kappa shape index (κ1) is 23.7. The molecule has 1 atom stereocenters. The molecule has 0 spiro atoms. The van der Waals surface area contributed by atoms with Crippen LogP contribution in [0.3, 0.4) is 0 Å². The average Bonchev–Trinajstić information content (AvgIpc) is 2.79. The molecule has 34 heavy (non-hydrogen) atoms. The summed E-state index contributed by atoms with van der Waals surface area (Å²) in [5.74, 6) is -1.44. The van der Waals surface area contributed by atoms with Crippen LogP contribution in [-0.4, -0.2) is 65.5 Å². The van der Waals surface area contributed by atoms with Gasteiger partial charge in [-0.25, -0.2) is 13.8 Å². The van der Waals surface area contributed by atoms with E-state index < -0.39 is 17.5 Å². The summed E-state index contributed by atoms with van der Waals surface area (Å²) < 4.78 is 37.4. The Kier molecular flexibility index (Phi) is 7.13. The molecule has 2 saturated heterocycles. The van der Waals surface area contributed by atoms with E-state index in [4.69, 9.17) is 14.9 Å². The van der Waals surface area contributed by atoms with Crippen LogP contribution in [0, 0.1) is 24.0 Å². The molecule has 2 fully saturated rings. The van der Waals surface area contributed by atoms with Gasteiger partial charge in [-0.05, 0) is 31.0 Å². The van der Waals surface area contributed by atoms with Crippen molar-refractivity contribution in [2.24, 2.45) is 0 Å². The third kappa shape index (κ3) is 5.20. The molecule has 1 aromatic carbocycles. The fraction of sp³-hybridized carbons (Fsp3) is 0.391. The van der Waals surface area contributed by atoms with Crippen LogP contribution in [0.4, 0.5) is 20.5 Å². The number of nitrogens with zero attached hydrogens (tertiary/aromatic N) is 3. The SMILES string of the molecule is COC[C@H]1C/C(=C/Nc2nc(NC3COC3)ncc2C)C(=N)C(=O)N1Cc1ccc(F)c(F)c1. The Hall–Kier alpha value is -3.44. The predicted octanol–water partition coefficient (Wildman–Crippen LogP) is 2.64. The van der Waals surface area contributed by atoms with Gasteiger partial charge in [0, 0.05) is 37.2 Å². The van der Waals surface area contributed by atoms with Crippen LogP contribution in [0.15, 0.2) is 36.2 Å². The van der Waals surface area contributed by atoms with Crippen molar-refractivity contribution >= 4 is 23.4 Å².